The molecule has 1 aromatic carbocycles. The van der Waals surface area contributed by atoms with Crippen LogP contribution in [-0.2, 0) is 7.05 Å². The van der Waals surface area contributed by atoms with E-state index in [1.165, 1.54) is 11.1 Å². The molecule has 5 heteroatoms. The minimum atomic E-state index is 0.479. The number of hydrogen-bond acceptors (Lipinski definition) is 3. The summed E-state index contributed by atoms with van der Waals surface area (Å²) in [4.78, 5) is 8.93. The second-order valence-electron chi connectivity index (χ2n) is 4.69. The molecule has 0 unspecified atom stereocenters. The molecule has 0 spiro atoms. The van der Waals surface area contributed by atoms with Gasteiger partial charge in [-0.1, -0.05) is 11.6 Å². The largest absolute Gasteiger partial charge is 0.275 e. The van der Waals surface area contributed by atoms with Crippen molar-refractivity contribution in [2.75, 3.05) is 0 Å². The molecular weight excluding hydrogens is 260 g/mol. The zero-order valence-electron chi connectivity index (χ0n) is 11.0. The first-order chi connectivity index (χ1) is 9.04. The van der Waals surface area contributed by atoms with Gasteiger partial charge in [0, 0.05) is 18.6 Å². The van der Waals surface area contributed by atoms with Crippen molar-refractivity contribution in [2.24, 2.45) is 7.05 Å². The normalized spacial score (nSPS) is 11.2. The van der Waals surface area contributed by atoms with Gasteiger partial charge in [0.05, 0.1) is 17.3 Å². The first-order valence-electron chi connectivity index (χ1n) is 5.98. The van der Waals surface area contributed by atoms with Crippen LogP contribution in [0.2, 0.25) is 5.15 Å². The fourth-order valence-electron chi connectivity index (χ4n) is 2.02. The van der Waals surface area contributed by atoms with E-state index in [0.717, 1.165) is 16.5 Å². The Labute approximate surface area is 116 Å². The number of halogens is 1. The maximum atomic E-state index is 6.26. The third-order valence-electron chi connectivity index (χ3n) is 3.23. The molecule has 0 N–H and O–H groups in total. The summed E-state index contributed by atoms with van der Waals surface area (Å²) in [6.45, 7) is 4.12. The fraction of sp³-hybridized carbons (Fsp3) is 0.214. The lowest BCUT2D eigenvalue weighted by molar-refractivity contribution is 0.768. The van der Waals surface area contributed by atoms with Crippen molar-refractivity contribution in [3.8, 4) is 11.4 Å². The number of fused-ring (bicyclic) bond motifs is 1. The van der Waals surface area contributed by atoms with Crippen LogP contribution in [0.15, 0.2) is 24.5 Å². The van der Waals surface area contributed by atoms with Crippen LogP contribution in [0.3, 0.4) is 0 Å². The Balaban J connectivity index is 2.27. The summed E-state index contributed by atoms with van der Waals surface area (Å²) >= 11 is 6.26. The number of hydrogen-bond donors (Lipinski definition) is 0. The molecule has 3 rings (SSSR count). The van der Waals surface area contributed by atoms with Crippen LogP contribution in [-0.4, -0.2) is 19.7 Å². The molecule has 0 aliphatic carbocycles. The molecule has 19 heavy (non-hydrogen) atoms. The van der Waals surface area contributed by atoms with E-state index >= 15 is 0 Å². The summed E-state index contributed by atoms with van der Waals surface area (Å²) in [5.74, 6) is 0.605. The smallest absolute Gasteiger partial charge is 0.164 e. The van der Waals surface area contributed by atoms with Crippen LogP contribution in [0, 0.1) is 13.8 Å². The van der Waals surface area contributed by atoms with Crippen molar-refractivity contribution in [1.82, 2.24) is 19.7 Å². The van der Waals surface area contributed by atoms with Crippen molar-refractivity contribution in [3.63, 3.8) is 0 Å². The second-order valence-corrected chi connectivity index (χ2v) is 5.05. The van der Waals surface area contributed by atoms with E-state index in [4.69, 9.17) is 11.6 Å². The molecule has 0 fully saturated rings. The van der Waals surface area contributed by atoms with Crippen LogP contribution in [0.25, 0.3) is 22.3 Å². The van der Waals surface area contributed by atoms with E-state index in [2.05, 4.69) is 28.9 Å². The van der Waals surface area contributed by atoms with Crippen molar-refractivity contribution in [2.45, 2.75) is 13.8 Å². The zero-order chi connectivity index (χ0) is 13.6. The first kappa shape index (κ1) is 12.1. The monoisotopic (exact) mass is 272 g/mol. The molecule has 0 saturated heterocycles. The molecule has 4 nitrogen and oxygen atoms in total. The molecular formula is C14H13ClN4. The zero-order valence-corrected chi connectivity index (χ0v) is 11.7. The average molecular weight is 273 g/mol. The molecule has 2 aromatic heterocycles. The minimum absolute atomic E-state index is 0.479. The van der Waals surface area contributed by atoms with Crippen LogP contribution in [0.4, 0.5) is 0 Å². The number of aryl methyl sites for hydroxylation is 3. The predicted octanol–water partition coefficient (Wildman–Crippen LogP) is 3.30. The fourth-order valence-corrected chi connectivity index (χ4v) is 2.25. The maximum Gasteiger partial charge on any atom is 0.164 e. The third-order valence-corrected chi connectivity index (χ3v) is 3.52. The summed E-state index contributed by atoms with van der Waals surface area (Å²) in [6, 6.07) is 4.07. The number of nitrogens with zero attached hydrogens (tertiary/aromatic N) is 4. The van der Waals surface area contributed by atoms with Crippen molar-refractivity contribution in [3.05, 3.63) is 40.8 Å². The molecule has 0 bridgehead atoms. The topological polar surface area (TPSA) is 43.6 Å². The Morgan fingerprint density at radius 1 is 1.11 bits per heavy atom. The van der Waals surface area contributed by atoms with E-state index in [1.54, 1.807) is 10.9 Å². The highest BCUT2D eigenvalue weighted by Gasteiger charge is 2.10. The lowest BCUT2D eigenvalue weighted by Crippen LogP contribution is -1.93. The summed E-state index contributed by atoms with van der Waals surface area (Å²) in [5, 5.41) is 5.49. The molecule has 0 saturated carbocycles. The highest BCUT2D eigenvalue weighted by atomic mass is 35.5. The van der Waals surface area contributed by atoms with Gasteiger partial charge in [0.25, 0.3) is 0 Å². The average Bonchev–Trinajstić information content (AvgIpc) is 2.78. The van der Waals surface area contributed by atoms with E-state index in [1.807, 2.05) is 25.4 Å². The summed E-state index contributed by atoms with van der Waals surface area (Å²) < 4.78 is 1.72. The molecule has 0 aliphatic heterocycles. The van der Waals surface area contributed by atoms with Gasteiger partial charge in [-0.3, -0.25) is 4.68 Å². The quantitative estimate of drug-likeness (QED) is 0.639. The molecule has 0 aliphatic rings. The van der Waals surface area contributed by atoms with Gasteiger partial charge < -0.3 is 0 Å². The van der Waals surface area contributed by atoms with Gasteiger partial charge in [-0.05, 0) is 37.1 Å². The number of aromatic nitrogens is 4. The summed E-state index contributed by atoms with van der Waals surface area (Å²) in [7, 11) is 1.86. The van der Waals surface area contributed by atoms with E-state index < -0.39 is 0 Å². The lowest BCUT2D eigenvalue weighted by Gasteiger charge is -2.06. The maximum absolute atomic E-state index is 6.26. The molecule has 96 valence electrons. The van der Waals surface area contributed by atoms with Gasteiger partial charge >= 0.3 is 0 Å². The Bertz CT molecular complexity index is 776. The van der Waals surface area contributed by atoms with Gasteiger partial charge in [-0.15, -0.1) is 0 Å². The Morgan fingerprint density at radius 2 is 1.84 bits per heavy atom. The van der Waals surface area contributed by atoms with Gasteiger partial charge in [-0.2, -0.15) is 5.10 Å². The van der Waals surface area contributed by atoms with Crippen LogP contribution >= 0.6 is 11.6 Å². The van der Waals surface area contributed by atoms with E-state index in [9.17, 15) is 0 Å². The molecule has 2 heterocycles. The van der Waals surface area contributed by atoms with Crippen LogP contribution in [0.1, 0.15) is 11.1 Å². The third kappa shape index (κ3) is 2.08. The van der Waals surface area contributed by atoms with Crippen molar-refractivity contribution in [1.29, 1.82) is 0 Å². The van der Waals surface area contributed by atoms with Gasteiger partial charge in [0.15, 0.2) is 5.82 Å². The molecule has 0 amide bonds. The number of benzene rings is 1. The van der Waals surface area contributed by atoms with Crippen molar-refractivity contribution < 1.29 is 0 Å². The summed E-state index contributed by atoms with van der Waals surface area (Å²) in [5.41, 5.74) is 4.11. The van der Waals surface area contributed by atoms with E-state index in [0.29, 0.717) is 11.0 Å². The molecule has 3 aromatic rings. The van der Waals surface area contributed by atoms with Gasteiger partial charge in [0.1, 0.15) is 5.15 Å². The number of rotatable bonds is 1. The van der Waals surface area contributed by atoms with E-state index in [-0.39, 0.29) is 0 Å². The van der Waals surface area contributed by atoms with Crippen LogP contribution < -0.4 is 0 Å². The second kappa shape index (κ2) is 4.31. The standard InChI is InChI=1S/C14H13ClN4/c1-8-4-11-12(5-9(8)2)17-14(18-13(11)15)10-6-16-19(3)7-10/h4-7H,1-3H3. The predicted molar refractivity (Wildman–Crippen MR) is 76.2 cm³/mol. The van der Waals surface area contributed by atoms with Crippen molar-refractivity contribution >= 4 is 22.5 Å². The summed E-state index contributed by atoms with van der Waals surface area (Å²) in [6.07, 6.45) is 3.61. The highest BCUT2D eigenvalue weighted by molar-refractivity contribution is 6.34. The van der Waals surface area contributed by atoms with Gasteiger partial charge in [0.2, 0.25) is 0 Å². The Kier molecular flexibility index (Phi) is 2.75. The SMILES string of the molecule is Cc1cc2nc(-c3cnn(C)c3)nc(Cl)c2cc1C. The Morgan fingerprint density at radius 3 is 2.53 bits per heavy atom. The minimum Gasteiger partial charge on any atom is -0.275 e. The molecule has 0 atom stereocenters. The highest BCUT2D eigenvalue weighted by Crippen LogP contribution is 2.26. The lowest BCUT2D eigenvalue weighted by atomic mass is 10.1. The first-order valence-corrected chi connectivity index (χ1v) is 6.36. The Hall–Kier alpha value is -1.94. The van der Waals surface area contributed by atoms with Crippen LogP contribution in [0.5, 0.6) is 0 Å². The molecule has 0 radical (unpaired) electrons. The van der Waals surface area contributed by atoms with Gasteiger partial charge in [-0.25, -0.2) is 9.97 Å².